The SMILES string of the molecule is NC(=O)C(N)C(CCCCCC(=O)O)C(N)=O. The highest BCUT2D eigenvalue weighted by Gasteiger charge is 2.26. The van der Waals surface area contributed by atoms with E-state index in [9.17, 15) is 14.4 Å². The van der Waals surface area contributed by atoms with Gasteiger partial charge >= 0.3 is 5.97 Å². The van der Waals surface area contributed by atoms with E-state index >= 15 is 0 Å². The van der Waals surface area contributed by atoms with Crippen LogP contribution in [0.25, 0.3) is 0 Å². The summed E-state index contributed by atoms with van der Waals surface area (Å²) >= 11 is 0. The summed E-state index contributed by atoms with van der Waals surface area (Å²) in [7, 11) is 0. The number of amides is 2. The van der Waals surface area contributed by atoms with Gasteiger partial charge in [-0.25, -0.2) is 0 Å². The lowest BCUT2D eigenvalue weighted by atomic mass is 9.92. The van der Waals surface area contributed by atoms with Crippen LogP contribution in [0.4, 0.5) is 0 Å². The third-order valence-corrected chi connectivity index (χ3v) is 2.53. The van der Waals surface area contributed by atoms with Crippen molar-refractivity contribution in [1.82, 2.24) is 0 Å². The lowest BCUT2D eigenvalue weighted by Gasteiger charge is -2.17. The molecule has 0 aromatic carbocycles. The van der Waals surface area contributed by atoms with E-state index in [1.165, 1.54) is 0 Å². The molecule has 0 fully saturated rings. The van der Waals surface area contributed by atoms with Crippen LogP contribution in [0.3, 0.4) is 0 Å². The van der Waals surface area contributed by atoms with E-state index in [4.69, 9.17) is 22.3 Å². The molecule has 0 radical (unpaired) electrons. The van der Waals surface area contributed by atoms with Crippen molar-refractivity contribution in [3.63, 3.8) is 0 Å². The second-order valence-corrected chi connectivity index (χ2v) is 3.93. The fraction of sp³-hybridized carbons (Fsp3) is 0.700. The number of hydrogen-bond donors (Lipinski definition) is 4. The molecule has 0 aliphatic rings. The molecule has 0 aliphatic heterocycles. The number of rotatable bonds is 9. The van der Waals surface area contributed by atoms with Gasteiger partial charge in [0.15, 0.2) is 0 Å². The Hall–Kier alpha value is -1.63. The minimum absolute atomic E-state index is 0.0864. The molecule has 0 saturated carbocycles. The molecule has 0 heterocycles. The van der Waals surface area contributed by atoms with Gasteiger partial charge in [-0.05, 0) is 12.8 Å². The fourth-order valence-electron chi connectivity index (χ4n) is 1.51. The highest BCUT2D eigenvalue weighted by Crippen LogP contribution is 2.13. The van der Waals surface area contributed by atoms with E-state index < -0.39 is 29.7 Å². The van der Waals surface area contributed by atoms with E-state index in [1.807, 2.05) is 0 Å². The average Bonchev–Trinajstić information content (AvgIpc) is 2.21. The third-order valence-electron chi connectivity index (χ3n) is 2.53. The normalized spacial score (nSPS) is 13.9. The highest BCUT2D eigenvalue weighted by atomic mass is 16.4. The Labute approximate surface area is 99.3 Å². The van der Waals surface area contributed by atoms with Gasteiger partial charge < -0.3 is 22.3 Å². The van der Waals surface area contributed by atoms with Gasteiger partial charge in [-0.2, -0.15) is 0 Å². The summed E-state index contributed by atoms with van der Waals surface area (Å²) in [6.45, 7) is 0. The number of hydrogen-bond acceptors (Lipinski definition) is 4. The summed E-state index contributed by atoms with van der Waals surface area (Å²) in [4.78, 5) is 32.1. The van der Waals surface area contributed by atoms with Crippen LogP contribution in [0.2, 0.25) is 0 Å². The molecular formula is C10H19N3O4. The Morgan fingerprint density at radius 2 is 1.59 bits per heavy atom. The number of nitrogens with two attached hydrogens (primary N) is 3. The molecule has 0 aliphatic carbocycles. The van der Waals surface area contributed by atoms with Crippen LogP contribution in [0.5, 0.6) is 0 Å². The van der Waals surface area contributed by atoms with Gasteiger partial charge in [0.25, 0.3) is 0 Å². The van der Waals surface area contributed by atoms with Gasteiger partial charge in [0.05, 0.1) is 12.0 Å². The number of carboxylic acid groups (broad SMARTS) is 1. The van der Waals surface area contributed by atoms with Crippen molar-refractivity contribution in [2.24, 2.45) is 23.1 Å². The molecule has 0 aromatic heterocycles. The van der Waals surface area contributed by atoms with Crippen molar-refractivity contribution in [3.8, 4) is 0 Å². The summed E-state index contributed by atoms with van der Waals surface area (Å²) in [5, 5.41) is 8.42. The Morgan fingerprint density at radius 3 is 2.00 bits per heavy atom. The highest BCUT2D eigenvalue weighted by molar-refractivity contribution is 5.88. The minimum atomic E-state index is -1.08. The summed E-state index contributed by atoms with van der Waals surface area (Å²) in [6.07, 6.45) is 2.18. The van der Waals surface area contributed by atoms with Crippen LogP contribution in [-0.4, -0.2) is 28.9 Å². The molecule has 0 saturated heterocycles. The van der Waals surface area contributed by atoms with Crippen molar-refractivity contribution < 1.29 is 19.5 Å². The number of carbonyl (C=O) groups is 3. The molecule has 2 unspecified atom stereocenters. The van der Waals surface area contributed by atoms with Crippen molar-refractivity contribution >= 4 is 17.8 Å². The average molecular weight is 245 g/mol. The van der Waals surface area contributed by atoms with E-state index in [1.54, 1.807) is 0 Å². The molecule has 2 atom stereocenters. The standard InChI is InChI=1S/C10H19N3O4/c11-8(10(13)17)6(9(12)16)4-2-1-3-5-7(14)15/h6,8H,1-5,11H2,(H2,12,16)(H2,13,17)(H,14,15). The smallest absolute Gasteiger partial charge is 0.303 e. The van der Waals surface area contributed by atoms with Gasteiger partial charge in [-0.1, -0.05) is 12.8 Å². The molecule has 0 aromatic rings. The maximum absolute atomic E-state index is 11.1. The predicted octanol–water partition coefficient (Wildman–Crippen LogP) is -1.06. The molecule has 7 N–H and O–H groups in total. The predicted molar refractivity (Wildman–Crippen MR) is 60.6 cm³/mol. The first-order valence-corrected chi connectivity index (χ1v) is 5.42. The first kappa shape index (κ1) is 15.4. The zero-order valence-corrected chi connectivity index (χ0v) is 9.59. The topological polar surface area (TPSA) is 150 Å². The van der Waals surface area contributed by atoms with E-state index in [0.717, 1.165) is 0 Å². The Bertz CT molecular complexity index is 293. The lowest BCUT2D eigenvalue weighted by Crippen LogP contribution is -2.47. The Kier molecular flexibility index (Phi) is 6.88. The molecule has 2 amide bonds. The zero-order chi connectivity index (χ0) is 13.4. The maximum atomic E-state index is 11.1. The van der Waals surface area contributed by atoms with E-state index in [-0.39, 0.29) is 6.42 Å². The van der Waals surface area contributed by atoms with Crippen LogP contribution in [0.15, 0.2) is 0 Å². The first-order chi connectivity index (χ1) is 7.86. The van der Waals surface area contributed by atoms with Gasteiger partial charge in [-0.15, -0.1) is 0 Å². The third kappa shape index (κ3) is 6.52. The van der Waals surface area contributed by atoms with Crippen LogP contribution in [0.1, 0.15) is 32.1 Å². The van der Waals surface area contributed by atoms with Crippen LogP contribution < -0.4 is 17.2 Å². The van der Waals surface area contributed by atoms with Gasteiger partial charge in [0.2, 0.25) is 11.8 Å². The molecule has 7 heteroatoms. The number of carbonyl (C=O) groups excluding carboxylic acids is 2. The summed E-state index contributed by atoms with van der Waals surface area (Å²) < 4.78 is 0. The quantitative estimate of drug-likeness (QED) is 0.382. The van der Waals surface area contributed by atoms with Crippen LogP contribution in [0, 0.1) is 5.92 Å². The summed E-state index contributed by atoms with van der Waals surface area (Å²) in [5.41, 5.74) is 15.6. The van der Waals surface area contributed by atoms with Crippen molar-refractivity contribution in [2.75, 3.05) is 0 Å². The molecule has 0 rings (SSSR count). The van der Waals surface area contributed by atoms with Crippen molar-refractivity contribution in [2.45, 2.75) is 38.1 Å². The first-order valence-electron chi connectivity index (χ1n) is 5.42. The van der Waals surface area contributed by atoms with Gasteiger partial charge in [-0.3, -0.25) is 14.4 Å². The van der Waals surface area contributed by atoms with Crippen LogP contribution >= 0.6 is 0 Å². The van der Waals surface area contributed by atoms with E-state index in [2.05, 4.69) is 0 Å². The number of primary amides is 2. The van der Waals surface area contributed by atoms with Gasteiger partial charge in [0.1, 0.15) is 0 Å². The molecule has 17 heavy (non-hydrogen) atoms. The Morgan fingerprint density at radius 1 is 1.00 bits per heavy atom. The molecule has 0 bridgehead atoms. The molecule has 0 spiro atoms. The number of unbranched alkanes of at least 4 members (excludes halogenated alkanes) is 2. The number of carboxylic acids is 1. The van der Waals surface area contributed by atoms with Gasteiger partial charge in [0, 0.05) is 6.42 Å². The second-order valence-electron chi connectivity index (χ2n) is 3.93. The lowest BCUT2D eigenvalue weighted by molar-refractivity contribution is -0.137. The molecule has 98 valence electrons. The van der Waals surface area contributed by atoms with Crippen molar-refractivity contribution in [3.05, 3.63) is 0 Å². The molecule has 7 nitrogen and oxygen atoms in total. The maximum Gasteiger partial charge on any atom is 0.303 e. The van der Waals surface area contributed by atoms with Crippen LogP contribution in [-0.2, 0) is 14.4 Å². The van der Waals surface area contributed by atoms with E-state index in [0.29, 0.717) is 25.7 Å². The Balaban J connectivity index is 3.99. The summed E-state index contributed by atoms with van der Waals surface area (Å²) in [5.74, 6) is -3.06. The fourth-order valence-corrected chi connectivity index (χ4v) is 1.51. The molecular weight excluding hydrogens is 226 g/mol. The second kappa shape index (κ2) is 7.61. The monoisotopic (exact) mass is 245 g/mol. The largest absolute Gasteiger partial charge is 0.481 e. The summed E-state index contributed by atoms with van der Waals surface area (Å²) in [6, 6.07) is -1.08. The minimum Gasteiger partial charge on any atom is -0.481 e. The zero-order valence-electron chi connectivity index (χ0n) is 9.59. The number of aliphatic carboxylic acids is 1. The van der Waals surface area contributed by atoms with Crippen molar-refractivity contribution in [1.29, 1.82) is 0 Å².